The zero-order valence-corrected chi connectivity index (χ0v) is 9.59. The minimum atomic E-state index is -3.45. The summed E-state index contributed by atoms with van der Waals surface area (Å²) in [4.78, 5) is 0. The summed E-state index contributed by atoms with van der Waals surface area (Å²) in [5.41, 5.74) is 0.938. The van der Waals surface area contributed by atoms with Crippen molar-refractivity contribution in [2.75, 3.05) is 12.4 Å². The van der Waals surface area contributed by atoms with Crippen molar-refractivity contribution in [3.63, 3.8) is 0 Å². The van der Waals surface area contributed by atoms with Crippen molar-refractivity contribution in [2.45, 2.75) is 12.3 Å². The van der Waals surface area contributed by atoms with E-state index in [0.29, 0.717) is 13.0 Å². The molecule has 0 saturated heterocycles. The zero-order chi connectivity index (χ0) is 10.9. The van der Waals surface area contributed by atoms with Crippen LogP contribution in [-0.2, 0) is 9.05 Å². The summed E-state index contributed by atoms with van der Waals surface area (Å²) < 4.78 is 27.5. The Kier molecular flexibility index (Phi) is 2.89. The third-order valence-corrected chi connectivity index (χ3v) is 3.66. The van der Waals surface area contributed by atoms with Gasteiger partial charge in [-0.2, -0.15) is 0 Å². The van der Waals surface area contributed by atoms with E-state index in [0.717, 1.165) is 11.3 Å². The third-order valence-electron chi connectivity index (χ3n) is 2.48. The molecule has 1 aromatic carbocycles. The van der Waals surface area contributed by atoms with Gasteiger partial charge in [-0.1, -0.05) is 18.2 Å². The van der Waals surface area contributed by atoms with Gasteiger partial charge in [0.1, 0.15) is 5.75 Å². The van der Waals surface area contributed by atoms with Crippen LogP contribution in [0, 0.1) is 0 Å². The first kappa shape index (κ1) is 10.8. The maximum Gasteiger partial charge on any atom is 0.233 e. The number of hydrogen-bond donors (Lipinski definition) is 0. The molecule has 0 N–H and O–H groups in total. The van der Waals surface area contributed by atoms with E-state index in [1.807, 2.05) is 24.3 Å². The molecule has 82 valence electrons. The summed E-state index contributed by atoms with van der Waals surface area (Å²) in [7, 11) is 1.81. The summed E-state index contributed by atoms with van der Waals surface area (Å²) in [6, 6.07) is 7.49. The monoisotopic (exact) mass is 246 g/mol. The Morgan fingerprint density at radius 2 is 2.13 bits per heavy atom. The highest BCUT2D eigenvalue weighted by molar-refractivity contribution is 8.13. The van der Waals surface area contributed by atoms with Crippen LogP contribution >= 0.6 is 10.7 Å². The molecule has 0 saturated carbocycles. The topological polar surface area (TPSA) is 43.4 Å². The minimum Gasteiger partial charge on any atom is -0.493 e. The van der Waals surface area contributed by atoms with Gasteiger partial charge in [-0.15, -0.1) is 0 Å². The molecular formula is C10H11ClO3S. The quantitative estimate of drug-likeness (QED) is 0.751. The van der Waals surface area contributed by atoms with Crippen molar-refractivity contribution in [1.29, 1.82) is 0 Å². The van der Waals surface area contributed by atoms with Crippen molar-refractivity contribution < 1.29 is 13.2 Å². The van der Waals surface area contributed by atoms with Gasteiger partial charge in [-0.05, 0) is 18.1 Å². The molecule has 0 amide bonds. The van der Waals surface area contributed by atoms with Gasteiger partial charge in [0.15, 0.2) is 0 Å². The molecule has 1 aromatic rings. The fourth-order valence-corrected chi connectivity index (χ4v) is 3.11. The molecule has 2 rings (SSSR count). The van der Waals surface area contributed by atoms with Crippen LogP contribution in [0.2, 0.25) is 0 Å². The highest BCUT2D eigenvalue weighted by Crippen LogP contribution is 2.34. The molecule has 1 unspecified atom stereocenters. The molecule has 5 heteroatoms. The Labute approximate surface area is 93.4 Å². The lowest BCUT2D eigenvalue weighted by atomic mass is 9.95. The number of rotatable bonds is 2. The summed E-state index contributed by atoms with van der Waals surface area (Å²) in [6.07, 6.45) is 0.697. The summed E-state index contributed by atoms with van der Waals surface area (Å²) in [5, 5.41) is 0. The molecule has 3 nitrogen and oxygen atoms in total. The van der Waals surface area contributed by atoms with E-state index in [-0.39, 0.29) is 11.7 Å². The van der Waals surface area contributed by atoms with Gasteiger partial charge in [0, 0.05) is 16.6 Å². The Hall–Kier alpha value is -0.740. The van der Waals surface area contributed by atoms with E-state index in [9.17, 15) is 8.42 Å². The lowest BCUT2D eigenvalue weighted by molar-refractivity contribution is 0.273. The average Bonchev–Trinajstić information content (AvgIpc) is 2.16. The molecule has 0 spiro atoms. The van der Waals surface area contributed by atoms with Gasteiger partial charge in [-0.3, -0.25) is 0 Å². The lowest BCUT2D eigenvalue weighted by Crippen LogP contribution is -2.19. The molecule has 0 bridgehead atoms. The molecule has 0 fully saturated rings. The molecule has 1 heterocycles. The molecular weight excluding hydrogens is 236 g/mol. The smallest absolute Gasteiger partial charge is 0.233 e. The van der Waals surface area contributed by atoms with E-state index in [1.165, 1.54) is 0 Å². The van der Waals surface area contributed by atoms with Gasteiger partial charge in [0.2, 0.25) is 9.05 Å². The number of hydrogen-bond acceptors (Lipinski definition) is 3. The third kappa shape index (κ3) is 2.63. The van der Waals surface area contributed by atoms with Crippen LogP contribution < -0.4 is 4.74 Å². The number of benzene rings is 1. The van der Waals surface area contributed by atoms with Gasteiger partial charge >= 0.3 is 0 Å². The van der Waals surface area contributed by atoms with Crippen molar-refractivity contribution in [3.8, 4) is 5.75 Å². The van der Waals surface area contributed by atoms with Crippen molar-refractivity contribution >= 4 is 19.7 Å². The fraction of sp³-hybridized carbons (Fsp3) is 0.400. The van der Waals surface area contributed by atoms with Gasteiger partial charge < -0.3 is 4.74 Å². The van der Waals surface area contributed by atoms with Gasteiger partial charge in [-0.25, -0.2) is 8.42 Å². The van der Waals surface area contributed by atoms with Crippen LogP contribution in [-0.4, -0.2) is 20.8 Å². The zero-order valence-electron chi connectivity index (χ0n) is 8.02. The van der Waals surface area contributed by atoms with Crippen LogP contribution in [0.1, 0.15) is 17.9 Å². The van der Waals surface area contributed by atoms with Crippen molar-refractivity contribution in [1.82, 2.24) is 0 Å². The van der Waals surface area contributed by atoms with E-state index in [1.54, 1.807) is 0 Å². The Morgan fingerprint density at radius 1 is 1.40 bits per heavy atom. The largest absolute Gasteiger partial charge is 0.493 e. The van der Waals surface area contributed by atoms with Crippen molar-refractivity contribution in [2.24, 2.45) is 0 Å². The highest BCUT2D eigenvalue weighted by atomic mass is 35.7. The minimum absolute atomic E-state index is 0.0189. The van der Waals surface area contributed by atoms with Crippen LogP contribution in [0.25, 0.3) is 0 Å². The molecule has 0 aromatic heterocycles. The normalized spacial score (nSPS) is 20.5. The maximum atomic E-state index is 11.0. The average molecular weight is 247 g/mol. The lowest BCUT2D eigenvalue weighted by Gasteiger charge is -2.24. The molecule has 0 aliphatic carbocycles. The first-order valence-corrected chi connectivity index (χ1v) is 7.18. The Balaban J connectivity index is 2.30. The van der Waals surface area contributed by atoms with Crippen LogP contribution in [0.15, 0.2) is 24.3 Å². The number of para-hydroxylation sites is 1. The molecule has 1 atom stereocenters. The van der Waals surface area contributed by atoms with Gasteiger partial charge in [0.25, 0.3) is 0 Å². The fourth-order valence-electron chi connectivity index (χ4n) is 1.83. The Morgan fingerprint density at radius 3 is 2.87 bits per heavy atom. The summed E-state index contributed by atoms with van der Waals surface area (Å²) in [5.74, 6) is 0.709. The number of halogens is 1. The highest BCUT2D eigenvalue weighted by Gasteiger charge is 2.25. The van der Waals surface area contributed by atoms with Crippen LogP contribution in [0.3, 0.4) is 0 Å². The second-order valence-electron chi connectivity index (χ2n) is 3.58. The van der Waals surface area contributed by atoms with E-state index < -0.39 is 9.05 Å². The first-order chi connectivity index (χ1) is 7.06. The number of ether oxygens (including phenoxy) is 1. The molecule has 1 aliphatic rings. The predicted octanol–water partition coefficient (Wildman–Crippen LogP) is 2.12. The van der Waals surface area contributed by atoms with E-state index in [2.05, 4.69) is 0 Å². The Bertz CT molecular complexity index is 455. The van der Waals surface area contributed by atoms with Crippen LogP contribution in [0.4, 0.5) is 0 Å². The van der Waals surface area contributed by atoms with Crippen molar-refractivity contribution in [3.05, 3.63) is 29.8 Å². The van der Waals surface area contributed by atoms with E-state index >= 15 is 0 Å². The van der Waals surface area contributed by atoms with Crippen LogP contribution in [0.5, 0.6) is 5.75 Å². The van der Waals surface area contributed by atoms with Gasteiger partial charge in [0.05, 0.1) is 12.4 Å². The predicted molar refractivity (Wildman–Crippen MR) is 58.9 cm³/mol. The SMILES string of the molecule is O=S(=O)(Cl)CC1CCOc2ccccc21. The second kappa shape index (κ2) is 4.02. The molecule has 0 radical (unpaired) electrons. The molecule has 1 aliphatic heterocycles. The summed E-state index contributed by atoms with van der Waals surface area (Å²) >= 11 is 0. The summed E-state index contributed by atoms with van der Waals surface area (Å²) in [6.45, 7) is 0.550. The first-order valence-electron chi connectivity index (χ1n) is 4.70. The second-order valence-corrected chi connectivity index (χ2v) is 6.40. The van der Waals surface area contributed by atoms with E-state index in [4.69, 9.17) is 15.4 Å². The standard InChI is InChI=1S/C10H11ClO3S/c11-15(12,13)7-8-5-6-14-10-4-2-1-3-9(8)10/h1-4,8H,5-7H2. The maximum absolute atomic E-state index is 11.0. The molecule has 15 heavy (non-hydrogen) atoms. The number of fused-ring (bicyclic) bond motifs is 1.